The third-order valence-corrected chi connectivity index (χ3v) is 6.98. The van der Waals surface area contributed by atoms with Crippen molar-refractivity contribution in [1.29, 1.82) is 0 Å². The lowest BCUT2D eigenvalue weighted by molar-refractivity contribution is 0.0153. The number of anilines is 1. The smallest absolute Gasteiger partial charge is 0.301 e. The molecule has 1 fully saturated rings. The van der Waals surface area contributed by atoms with Crippen molar-refractivity contribution in [3.05, 3.63) is 42.5 Å². The van der Waals surface area contributed by atoms with Crippen LogP contribution in [0.4, 0.5) is 14.5 Å². The minimum absolute atomic E-state index is 0.00324. The fraction of sp³-hybridized carbons (Fsp3) is 0.619. The van der Waals surface area contributed by atoms with Gasteiger partial charge in [-0.1, -0.05) is 6.08 Å². The maximum atomic E-state index is 13.3. The molecule has 0 aromatic heterocycles. The summed E-state index contributed by atoms with van der Waals surface area (Å²) in [5, 5.41) is 0. The van der Waals surface area contributed by atoms with Gasteiger partial charge < -0.3 is 9.64 Å². The molecule has 2 rings (SSSR count). The van der Waals surface area contributed by atoms with E-state index in [1.165, 1.54) is 17.4 Å². The van der Waals surface area contributed by atoms with Gasteiger partial charge in [-0.15, -0.1) is 6.58 Å². The molecule has 9 heteroatoms. The predicted molar refractivity (Wildman–Crippen MR) is 116 cm³/mol. The molecule has 1 N–H and O–H groups in total. The van der Waals surface area contributed by atoms with E-state index in [1.54, 1.807) is 0 Å². The highest BCUT2D eigenvalue weighted by Crippen LogP contribution is 2.27. The molecule has 0 heterocycles. The van der Waals surface area contributed by atoms with Crippen molar-refractivity contribution >= 4 is 15.9 Å². The summed E-state index contributed by atoms with van der Waals surface area (Å²) in [6.45, 7) is 6.33. The first-order valence-corrected chi connectivity index (χ1v) is 11.8. The zero-order valence-electron chi connectivity index (χ0n) is 17.8. The summed E-state index contributed by atoms with van der Waals surface area (Å²) in [5.41, 5.74) is -0.00324. The molecule has 0 atom stereocenters. The zero-order valence-corrected chi connectivity index (χ0v) is 18.6. The fourth-order valence-corrected chi connectivity index (χ4v) is 4.77. The lowest BCUT2D eigenvalue weighted by Gasteiger charge is -2.34. The van der Waals surface area contributed by atoms with Crippen LogP contribution in [0, 0.1) is 11.6 Å². The van der Waals surface area contributed by atoms with Crippen molar-refractivity contribution in [1.82, 2.24) is 9.21 Å². The number of rotatable bonds is 12. The van der Waals surface area contributed by atoms with Gasteiger partial charge in [0.2, 0.25) is 0 Å². The molecular weight excluding hydrogens is 412 g/mol. The molecule has 0 unspecified atom stereocenters. The van der Waals surface area contributed by atoms with Gasteiger partial charge >= 0.3 is 10.2 Å². The van der Waals surface area contributed by atoms with Gasteiger partial charge in [-0.25, -0.2) is 8.78 Å². The SMILES string of the molecule is C=CCN(C)CCCCOC1CCC(N(C)S(=O)(=O)Nc2ccc(F)c(F)c2)CC1. The minimum Gasteiger partial charge on any atom is -0.378 e. The first-order valence-electron chi connectivity index (χ1n) is 10.3. The van der Waals surface area contributed by atoms with Crippen molar-refractivity contribution in [3.8, 4) is 0 Å². The maximum Gasteiger partial charge on any atom is 0.301 e. The highest BCUT2D eigenvalue weighted by molar-refractivity contribution is 7.90. The fourth-order valence-electron chi connectivity index (χ4n) is 3.60. The molecule has 0 amide bonds. The number of nitrogens with zero attached hydrogens (tertiary/aromatic N) is 2. The molecule has 0 spiro atoms. The molecule has 1 aliphatic carbocycles. The predicted octanol–water partition coefficient (Wildman–Crippen LogP) is 3.78. The van der Waals surface area contributed by atoms with Crippen LogP contribution in [0.1, 0.15) is 38.5 Å². The molecule has 1 saturated carbocycles. The van der Waals surface area contributed by atoms with E-state index in [4.69, 9.17) is 4.74 Å². The third-order valence-electron chi connectivity index (χ3n) is 5.43. The van der Waals surface area contributed by atoms with E-state index < -0.39 is 21.8 Å². The molecule has 1 aromatic carbocycles. The topological polar surface area (TPSA) is 61.9 Å². The van der Waals surface area contributed by atoms with Crippen molar-refractivity contribution in [3.63, 3.8) is 0 Å². The Kier molecular flexibility index (Phi) is 9.67. The number of halogens is 2. The summed E-state index contributed by atoms with van der Waals surface area (Å²) in [6, 6.07) is 2.78. The first-order chi connectivity index (χ1) is 14.2. The Hall–Kier alpha value is -1.55. The summed E-state index contributed by atoms with van der Waals surface area (Å²) in [5.74, 6) is -2.11. The molecule has 0 saturated heterocycles. The van der Waals surface area contributed by atoms with Gasteiger partial charge in [0, 0.05) is 32.3 Å². The Morgan fingerprint density at radius 1 is 1.17 bits per heavy atom. The standard InChI is InChI=1S/C21H33F2N3O3S/c1-4-13-25(2)14-5-6-15-29-19-10-8-18(9-11-19)26(3)30(27,28)24-17-7-12-20(22)21(23)16-17/h4,7,12,16,18-19,24H,1,5-6,8-11,13-15H2,2-3H3. The number of hydrogen-bond acceptors (Lipinski definition) is 4. The highest BCUT2D eigenvalue weighted by Gasteiger charge is 2.30. The molecule has 30 heavy (non-hydrogen) atoms. The second-order valence-electron chi connectivity index (χ2n) is 7.81. The monoisotopic (exact) mass is 445 g/mol. The van der Waals surface area contributed by atoms with Crippen molar-refractivity contribution in [2.24, 2.45) is 0 Å². The number of unbranched alkanes of at least 4 members (excludes halogenated alkanes) is 1. The first kappa shape index (κ1) is 24.7. The summed E-state index contributed by atoms with van der Waals surface area (Å²) >= 11 is 0. The van der Waals surface area contributed by atoms with Crippen LogP contribution in [-0.4, -0.2) is 63.6 Å². The molecule has 1 aromatic rings. The van der Waals surface area contributed by atoms with Crippen LogP contribution in [0.25, 0.3) is 0 Å². The van der Waals surface area contributed by atoms with E-state index in [1.807, 2.05) is 6.08 Å². The van der Waals surface area contributed by atoms with Gasteiger partial charge in [-0.05, 0) is 64.3 Å². The Morgan fingerprint density at radius 2 is 1.87 bits per heavy atom. The molecule has 0 radical (unpaired) electrons. The summed E-state index contributed by atoms with van der Waals surface area (Å²) in [4.78, 5) is 2.21. The second-order valence-corrected chi connectivity index (χ2v) is 9.54. The Bertz CT molecular complexity index is 784. The lowest BCUT2D eigenvalue weighted by Crippen LogP contribution is -2.43. The molecule has 1 aliphatic rings. The van der Waals surface area contributed by atoms with Gasteiger partial charge in [-0.3, -0.25) is 4.72 Å². The number of nitrogens with one attached hydrogen (secondary N) is 1. The van der Waals surface area contributed by atoms with Gasteiger partial charge in [0.1, 0.15) is 0 Å². The quantitative estimate of drug-likeness (QED) is 0.393. The summed E-state index contributed by atoms with van der Waals surface area (Å²) in [6.07, 6.45) is 7.09. The van der Waals surface area contributed by atoms with Crippen LogP contribution in [0.3, 0.4) is 0 Å². The van der Waals surface area contributed by atoms with E-state index in [9.17, 15) is 17.2 Å². The van der Waals surface area contributed by atoms with Crippen molar-refractivity contribution < 1.29 is 21.9 Å². The zero-order chi connectivity index (χ0) is 22.1. The van der Waals surface area contributed by atoms with Crippen LogP contribution >= 0.6 is 0 Å². The Morgan fingerprint density at radius 3 is 2.50 bits per heavy atom. The average Bonchev–Trinajstić information content (AvgIpc) is 2.70. The van der Waals surface area contributed by atoms with E-state index in [2.05, 4.69) is 23.2 Å². The average molecular weight is 446 g/mol. The molecule has 0 bridgehead atoms. The second kappa shape index (κ2) is 11.7. The molecular formula is C21H33F2N3O3S. The van der Waals surface area contributed by atoms with Gasteiger partial charge in [0.25, 0.3) is 0 Å². The lowest BCUT2D eigenvalue weighted by atomic mass is 9.93. The Balaban J connectivity index is 1.73. The van der Waals surface area contributed by atoms with Crippen LogP contribution in [0.15, 0.2) is 30.9 Å². The van der Waals surface area contributed by atoms with E-state index in [0.717, 1.165) is 50.9 Å². The van der Waals surface area contributed by atoms with E-state index in [0.29, 0.717) is 19.4 Å². The van der Waals surface area contributed by atoms with Gasteiger partial charge in [-0.2, -0.15) is 12.7 Å². The summed E-state index contributed by atoms with van der Waals surface area (Å²) < 4.78 is 61.1. The largest absolute Gasteiger partial charge is 0.378 e. The molecule has 6 nitrogen and oxygen atoms in total. The van der Waals surface area contributed by atoms with Crippen LogP contribution in [-0.2, 0) is 14.9 Å². The number of ether oxygens (including phenoxy) is 1. The van der Waals surface area contributed by atoms with Crippen molar-refractivity contribution in [2.45, 2.75) is 50.7 Å². The third kappa shape index (κ3) is 7.61. The molecule has 170 valence electrons. The highest BCUT2D eigenvalue weighted by atomic mass is 32.2. The minimum atomic E-state index is -3.86. The van der Waals surface area contributed by atoms with Gasteiger partial charge in [0.15, 0.2) is 11.6 Å². The number of likely N-dealkylation sites (N-methyl/N-ethyl adjacent to an activating group) is 1. The van der Waals surface area contributed by atoms with E-state index in [-0.39, 0.29) is 17.8 Å². The Labute approximate surface area is 179 Å². The van der Waals surface area contributed by atoms with Crippen LogP contribution < -0.4 is 4.72 Å². The number of benzene rings is 1. The number of hydrogen-bond donors (Lipinski definition) is 1. The summed E-state index contributed by atoms with van der Waals surface area (Å²) in [7, 11) is -0.283. The van der Waals surface area contributed by atoms with Crippen molar-refractivity contribution in [2.75, 3.05) is 38.5 Å². The normalized spacial score (nSPS) is 19.9. The van der Waals surface area contributed by atoms with Crippen LogP contribution in [0.5, 0.6) is 0 Å². The van der Waals surface area contributed by atoms with Crippen LogP contribution in [0.2, 0.25) is 0 Å². The molecule has 0 aliphatic heterocycles. The van der Waals surface area contributed by atoms with E-state index >= 15 is 0 Å². The van der Waals surface area contributed by atoms with Gasteiger partial charge in [0.05, 0.1) is 11.8 Å². The maximum absolute atomic E-state index is 13.3.